The van der Waals surface area contributed by atoms with Crippen molar-refractivity contribution in [2.75, 3.05) is 26.2 Å². The highest BCUT2D eigenvalue weighted by atomic mass is 35.5. The highest BCUT2D eigenvalue weighted by molar-refractivity contribution is 8.00. The van der Waals surface area contributed by atoms with Gasteiger partial charge < -0.3 is 5.32 Å². The fraction of sp³-hybridized carbons (Fsp3) is 0.647. The van der Waals surface area contributed by atoms with E-state index in [1.165, 1.54) is 0 Å². The van der Waals surface area contributed by atoms with Crippen molar-refractivity contribution in [3.05, 3.63) is 29.8 Å². The van der Waals surface area contributed by atoms with E-state index in [1.54, 1.807) is 12.1 Å². The number of benzene rings is 1. The van der Waals surface area contributed by atoms with Crippen LogP contribution in [0.2, 0.25) is 0 Å². The molecule has 1 aliphatic heterocycles. The van der Waals surface area contributed by atoms with Gasteiger partial charge in [0, 0.05) is 37.1 Å². The Morgan fingerprint density at radius 2 is 1.75 bits per heavy atom. The zero-order chi connectivity index (χ0) is 16.9. The van der Waals surface area contributed by atoms with Gasteiger partial charge in [0.1, 0.15) is 0 Å². The Labute approximate surface area is 153 Å². The van der Waals surface area contributed by atoms with Gasteiger partial charge in [0.15, 0.2) is 0 Å². The number of thioether (sulfide) groups is 1. The molecule has 1 N–H and O–H groups in total. The molecule has 0 aromatic heterocycles. The number of hydrogen-bond donors (Lipinski definition) is 1. The Morgan fingerprint density at radius 1 is 1.17 bits per heavy atom. The number of piperazine rings is 1. The normalized spacial score (nSPS) is 18.7. The molecule has 138 valence electrons. The maximum atomic E-state index is 12.5. The van der Waals surface area contributed by atoms with Crippen molar-refractivity contribution in [3.8, 4) is 0 Å². The van der Waals surface area contributed by atoms with Crippen LogP contribution in [0, 0.1) is 5.92 Å². The lowest BCUT2D eigenvalue weighted by atomic mass is 9.89. The third-order valence-corrected chi connectivity index (χ3v) is 5.02. The minimum absolute atomic E-state index is 0. The van der Waals surface area contributed by atoms with Crippen LogP contribution in [0.3, 0.4) is 0 Å². The van der Waals surface area contributed by atoms with Gasteiger partial charge in [0.05, 0.1) is 0 Å². The lowest BCUT2D eigenvalue weighted by Crippen LogP contribution is -2.46. The summed E-state index contributed by atoms with van der Waals surface area (Å²) in [6.45, 7) is 8.33. The van der Waals surface area contributed by atoms with Gasteiger partial charge in [0.2, 0.25) is 0 Å². The first-order valence-corrected chi connectivity index (χ1v) is 9.03. The van der Waals surface area contributed by atoms with E-state index in [-0.39, 0.29) is 35.1 Å². The van der Waals surface area contributed by atoms with Gasteiger partial charge in [-0.25, -0.2) is 0 Å². The fourth-order valence-electron chi connectivity index (χ4n) is 3.34. The minimum atomic E-state index is -4.23. The molecule has 0 radical (unpaired) electrons. The van der Waals surface area contributed by atoms with Gasteiger partial charge in [-0.2, -0.15) is 13.2 Å². The van der Waals surface area contributed by atoms with E-state index < -0.39 is 5.51 Å². The second-order valence-corrected chi connectivity index (χ2v) is 7.25. The highest BCUT2D eigenvalue weighted by Crippen LogP contribution is 2.38. The zero-order valence-corrected chi connectivity index (χ0v) is 15.7. The first-order valence-electron chi connectivity index (χ1n) is 8.21. The van der Waals surface area contributed by atoms with Gasteiger partial charge in [-0.1, -0.05) is 32.4 Å². The molecule has 1 heterocycles. The summed E-state index contributed by atoms with van der Waals surface area (Å²) in [5, 5.41) is 3.36. The van der Waals surface area contributed by atoms with Gasteiger partial charge in [0.25, 0.3) is 0 Å². The van der Waals surface area contributed by atoms with E-state index in [9.17, 15) is 13.2 Å². The standard InChI is InChI=1S/C17H25F3N2S.ClH/c1-3-4-13(2)16(22-11-9-21-10-12-22)14-5-7-15(8-6-14)23-17(18,19)20;/h5-8,13,16,21H,3-4,9-12H2,1-2H3;1H/t13?,16-;/m1./s1. The van der Waals surface area contributed by atoms with E-state index in [0.717, 1.165) is 44.6 Å². The average Bonchev–Trinajstić information content (AvgIpc) is 2.49. The summed E-state index contributed by atoms with van der Waals surface area (Å²) in [5.74, 6) is 0.485. The van der Waals surface area contributed by atoms with E-state index in [1.807, 2.05) is 12.1 Å². The van der Waals surface area contributed by atoms with Crippen molar-refractivity contribution in [3.63, 3.8) is 0 Å². The molecule has 0 bridgehead atoms. The summed E-state index contributed by atoms with van der Waals surface area (Å²) in [6, 6.07) is 7.21. The fourth-order valence-corrected chi connectivity index (χ4v) is 3.88. The van der Waals surface area contributed by atoms with Crippen LogP contribution in [0.25, 0.3) is 0 Å². The lowest BCUT2D eigenvalue weighted by Gasteiger charge is -2.38. The Morgan fingerprint density at radius 3 is 2.25 bits per heavy atom. The summed E-state index contributed by atoms with van der Waals surface area (Å²) in [4.78, 5) is 2.71. The summed E-state index contributed by atoms with van der Waals surface area (Å²) in [6.07, 6.45) is 2.24. The number of hydrogen-bond acceptors (Lipinski definition) is 3. The molecule has 0 spiro atoms. The predicted octanol–water partition coefficient (Wildman–Crippen LogP) is 5.10. The second kappa shape index (κ2) is 9.90. The molecule has 0 saturated carbocycles. The van der Waals surface area contributed by atoms with Crippen molar-refractivity contribution < 1.29 is 13.2 Å². The Hall–Kier alpha value is -0.430. The topological polar surface area (TPSA) is 15.3 Å². The molecule has 1 aliphatic rings. The summed E-state index contributed by atoms with van der Waals surface area (Å²) < 4.78 is 37.4. The number of nitrogens with one attached hydrogen (secondary N) is 1. The van der Waals surface area contributed by atoms with Crippen LogP contribution in [0.5, 0.6) is 0 Å². The molecule has 1 unspecified atom stereocenters. The molecule has 2 atom stereocenters. The van der Waals surface area contributed by atoms with Crippen molar-refractivity contribution in [1.82, 2.24) is 10.2 Å². The molecule has 1 aromatic carbocycles. The van der Waals surface area contributed by atoms with Crippen LogP contribution in [0.1, 0.15) is 38.3 Å². The van der Waals surface area contributed by atoms with E-state index >= 15 is 0 Å². The summed E-state index contributed by atoms with van der Waals surface area (Å²) in [7, 11) is 0. The number of alkyl halides is 3. The molecular formula is C17H26ClF3N2S. The van der Waals surface area contributed by atoms with Gasteiger partial charge in [-0.15, -0.1) is 12.4 Å². The van der Waals surface area contributed by atoms with Crippen molar-refractivity contribution in [2.24, 2.45) is 5.92 Å². The Balaban J connectivity index is 0.00000288. The number of nitrogens with zero attached hydrogens (tertiary/aromatic N) is 1. The van der Waals surface area contributed by atoms with Crippen LogP contribution >= 0.6 is 24.2 Å². The summed E-state index contributed by atoms with van der Waals surface area (Å²) >= 11 is -0.0482. The van der Waals surface area contributed by atoms with Crippen LogP contribution in [-0.2, 0) is 0 Å². The van der Waals surface area contributed by atoms with Crippen LogP contribution in [0.4, 0.5) is 13.2 Å². The van der Waals surface area contributed by atoms with Crippen LogP contribution in [0.15, 0.2) is 29.2 Å². The van der Waals surface area contributed by atoms with Crippen LogP contribution < -0.4 is 5.32 Å². The van der Waals surface area contributed by atoms with Crippen molar-refractivity contribution in [1.29, 1.82) is 0 Å². The lowest BCUT2D eigenvalue weighted by molar-refractivity contribution is -0.0328. The maximum Gasteiger partial charge on any atom is 0.446 e. The van der Waals surface area contributed by atoms with Gasteiger partial charge in [-0.05, 0) is 41.8 Å². The molecule has 1 aromatic rings. The third-order valence-electron chi connectivity index (χ3n) is 4.28. The van der Waals surface area contributed by atoms with Crippen molar-refractivity contribution in [2.45, 2.75) is 43.1 Å². The quantitative estimate of drug-likeness (QED) is 0.689. The van der Waals surface area contributed by atoms with Gasteiger partial charge >= 0.3 is 5.51 Å². The second-order valence-electron chi connectivity index (χ2n) is 6.11. The minimum Gasteiger partial charge on any atom is -0.314 e. The number of halogens is 4. The van der Waals surface area contributed by atoms with E-state index in [2.05, 4.69) is 24.1 Å². The predicted molar refractivity (Wildman–Crippen MR) is 96.9 cm³/mol. The molecule has 2 rings (SSSR count). The molecule has 7 heteroatoms. The first-order chi connectivity index (χ1) is 10.9. The van der Waals surface area contributed by atoms with Crippen LogP contribution in [-0.4, -0.2) is 36.6 Å². The molecule has 0 aliphatic carbocycles. The molecule has 24 heavy (non-hydrogen) atoms. The van der Waals surface area contributed by atoms with Gasteiger partial charge in [-0.3, -0.25) is 4.90 Å². The van der Waals surface area contributed by atoms with Crippen molar-refractivity contribution >= 4 is 24.2 Å². The maximum absolute atomic E-state index is 12.5. The Bertz CT molecular complexity index is 476. The number of rotatable bonds is 6. The Kier molecular flexibility index (Phi) is 8.91. The smallest absolute Gasteiger partial charge is 0.314 e. The first kappa shape index (κ1) is 21.6. The molecule has 0 amide bonds. The molecule has 1 fully saturated rings. The molecule has 1 saturated heterocycles. The SMILES string of the molecule is CCCC(C)[C@H](c1ccc(SC(F)(F)F)cc1)N1CCNCC1.Cl. The average molecular weight is 383 g/mol. The largest absolute Gasteiger partial charge is 0.446 e. The highest BCUT2D eigenvalue weighted by Gasteiger charge is 2.30. The summed E-state index contributed by atoms with van der Waals surface area (Å²) in [5.41, 5.74) is -3.10. The zero-order valence-electron chi connectivity index (χ0n) is 14.1. The molecule has 2 nitrogen and oxygen atoms in total. The monoisotopic (exact) mass is 382 g/mol. The molecular weight excluding hydrogens is 357 g/mol. The third kappa shape index (κ3) is 6.47. The van der Waals surface area contributed by atoms with E-state index in [0.29, 0.717) is 5.92 Å². The van der Waals surface area contributed by atoms with E-state index in [4.69, 9.17) is 0 Å².